The molecule has 0 aromatic heterocycles. The van der Waals surface area contributed by atoms with Crippen LogP contribution >= 0.6 is 17.9 Å². The minimum atomic E-state index is -5.63. The molecule has 8 heteroatoms. The molecule has 0 radical (unpaired) electrons. The van der Waals surface area contributed by atoms with Crippen LogP contribution in [0, 0.1) is 0 Å². The van der Waals surface area contributed by atoms with E-state index in [2.05, 4.69) is 0 Å². The standard InChI is InChI=1S/C3H3Cl2F5Te/c1-11(4,5)3(9,10)2(6,7)8/h1H3. The predicted octanol–water partition coefficient (Wildman–Crippen LogP) is 3.27. The second-order valence-electron chi connectivity index (χ2n) is 1.74. The van der Waals surface area contributed by atoms with Crippen molar-refractivity contribution < 1.29 is 22.0 Å². The van der Waals surface area contributed by atoms with Gasteiger partial charge in [-0.1, -0.05) is 0 Å². The molecular formula is C3H3Cl2F5Te. The van der Waals surface area contributed by atoms with Gasteiger partial charge in [0.2, 0.25) is 0 Å². The number of rotatable bonds is 1. The fraction of sp³-hybridized carbons (Fsp3) is 1.00. The van der Waals surface area contributed by atoms with Crippen molar-refractivity contribution in [2.75, 3.05) is 0 Å². The summed E-state index contributed by atoms with van der Waals surface area (Å²) >= 11 is -5.05. The molecule has 0 amide bonds. The molecule has 0 unspecified atom stereocenters. The van der Waals surface area contributed by atoms with Crippen molar-refractivity contribution in [2.24, 2.45) is 0 Å². The Morgan fingerprint density at radius 2 is 1.27 bits per heavy atom. The Morgan fingerprint density at radius 1 is 1.00 bits per heavy atom. The van der Waals surface area contributed by atoms with Gasteiger partial charge in [0.15, 0.2) is 0 Å². The summed E-state index contributed by atoms with van der Waals surface area (Å²) in [6.45, 7) is 0. The van der Waals surface area contributed by atoms with Crippen LogP contribution in [0.5, 0.6) is 0 Å². The Kier molecular flexibility index (Phi) is 3.34. The molecule has 0 saturated carbocycles. The van der Waals surface area contributed by atoms with Crippen LogP contribution in [0.2, 0.25) is 4.97 Å². The third-order valence-corrected chi connectivity index (χ3v) is 6.61. The zero-order chi connectivity index (χ0) is 9.50. The molecule has 0 aliphatic heterocycles. The van der Waals surface area contributed by atoms with Crippen LogP contribution in [-0.2, 0) is 0 Å². The molecule has 0 aliphatic rings. The summed E-state index contributed by atoms with van der Waals surface area (Å²) in [5.41, 5.74) is 0. The van der Waals surface area contributed by atoms with E-state index in [4.69, 9.17) is 17.9 Å². The third kappa shape index (κ3) is 2.48. The van der Waals surface area contributed by atoms with Gasteiger partial charge in [0.25, 0.3) is 0 Å². The molecule has 0 spiro atoms. The van der Waals surface area contributed by atoms with E-state index >= 15 is 0 Å². The van der Waals surface area contributed by atoms with Gasteiger partial charge in [0.05, 0.1) is 0 Å². The second kappa shape index (κ2) is 3.06. The van der Waals surface area contributed by atoms with E-state index in [1.165, 1.54) is 0 Å². The number of alkyl halides is 5. The minimum absolute atomic E-state index is 0.569. The van der Waals surface area contributed by atoms with Gasteiger partial charge < -0.3 is 0 Å². The van der Waals surface area contributed by atoms with Crippen molar-refractivity contribution in [1.82, 2.24) is 0 Å². The van der Waals surface area contributed by atoms with E-state index in [1.807, 2.05) is 0 Å². The summed E-state index contributed by atoms with van der Waals surface area (Å²) in [5, 5.41) is 0. The first kappa shape index (κ1) is 12.0. The SMILES string of the molecule is C[Te](Cl)(Cl)C(F)(F)C(F)(F)F. The van der Waals surface area contributed by atoms with E-state index in [-0.39, 0.29) is 0 Å². The Labute approximate surface area is 70.9 Å². The maximum absolute atomic E-state index is 12.1. The Bertz CT molecular complexity index is 131. The molecule has 0 atom stereocenters. The number of hydrogen-bond donors (Lipinski definition) is 0. The van der Waals surface area contributed by atoms with Crippen molar-refractivity contribution in [3.05, 3.63) is 0 Å². The van der Waals surface area contributed by atoms with Crippen molar-refractivity contribution in [3.8, 4) is 0 Å². The fourth-order valence-corrected chi connectivity index (χ4v) is 2.54. The topological polar surface area (TPSA) is 0 Å². The van der Waals surface area contributed by atoms with E-state index in [1.54, 1.807) is 0 Å². The van der Waals surface area contributed by atoms with E-state index < -0.39 is 26.1 Å². The van der Waals surface area contributed by atoms with Gasteiger partial charge in [-0.3, -0.25) is 0 Å². The van der Waals surface area contributed by atoms with Gasteiger partial charge in [-0.15, -0.1) is 0 Å². The Balaban J connectivity index is 4.75. The van der Waals surface area contributed by atoms with Crippen molar-refractivity contribution in [2.45, 2.75) is 15.1 Å². The number of halogens is 7. The maximum atomic E-state index is 12.1. The van der Waals surface area contributed by atoms with E-state index in [0.717, 1.165) is 0 Å². The number of hydrogen-bond acceptors (Lipinski definition) is 0. The van der Waals surface area contributed by atoms with Crippen LogP contribution in [0.15, 0.2) is 0 Å². The van der Waals surface area contributed by atoms with E-state index in [0.29, 0.717) is 4.97 Å². The summed E-state index contributed by atoms with van der Waals surface area (Å²) in [6.07, 6.45) is -5.63. The molecular weight excluding hydrogens is 330 g/mol. The van der Waals surface area contributed by atoms with Crippen molar-refractivity contribution in [3.63, 3.8) is 0 Å². The van der Waals surface area contributed by atoms with Crippen LogP contribution in [0.3, 0.4) is 0 Å². The first-order valence-electron chi connectivity index (χ1n) is 2.12. The summed E-state index contributed by atoms with van der Waals surface area (Å²) in [5.74, 6) is 0. The molecule has 11 heavy (non-hydrogen) atoms. The van der Waals surface area contributed by atoms with E-state index in [9.17, 15) is 22.0 Å². The molecule has 0 N–H and O–H groups in total. The zero-order valence-corrected chi connectivity index (χ0v) is 8.90. The van der Waals surface area contributed by atoms with Crippen LogP contribution in [0.1, 0.15) is 0 Å². The quantitative estimate of drug-likeness (QED) is 0.511. The second-order valence-corrected chi connectivity index (χ2v) is 16.7. The fourth-order valence-electron chi connectivity index (χ4n) is 0.203. The molecule has 0 aromatic carbocycles. The third-order valence-electron chi connectivity index (χ3n) is 0.780. The monoisotopic (exact) mass is 334 g/mol. The summed E-state index contributed by atoms with van der Waals surface area (Å²) < 4.78 is 53.7. The summed E-state index contributed by atoms with van der Waals surface area (Å²) in [4.78, 5) is 0.569. The van der Waals surface area contributed by atoms with Crippen molar-refractivity contribution >= 4 is 33.9 Å². The normalized spacial score (nSPS) is 16.7. The van der Waals surface area contributed by atoms with Gasteiger partial charge >= 0.3 is 70.9 Å². The molecule has 0 bridgehead atoms. The first-order valence-corrected chi connectivity index (χ1v) is 11.5. The average Bonchev–Trinajstić information content (AvgIpc) is 1.58. The van der Waals surface area contributed by atoms with Gasteiger partial charge in [0, 0.05) is 0 Å². The van der Waals surface area contributed by atoms with Gasteiger partial charge in [0.1, 0.15) is 0 Å². The van der Waals surface area contributed by atoms with Gasteiger partial charge in [-0.05, 0) is 0 Å². The molecule has 0 saturated heterocycles. The van der Waals surface area contributed by atoms with Crippen LogP contribution in [0.4, 0.5) is 22.0 Å². The van der Waals surface area contributed by atoms with Crippen LogP contribution in [0.25, 0.3) is 0 Å². The zero-order valence-electron chi connectivity index (χ0n) is 5.05. The molecule has 70 valence electrons. The molecule has 0 aromatic rings. The van der Waals surface area contributed by atoms with Crippen molar-refractivity contribution in [1.29, 1.82) is 0 Å². The summed E-state index contributed by atoms with van der Waals surface area (Å²) in [6, 6.07) is 0. The Morgan fingerprint density at radius 3 is 1.27 bits per heavy atom. The average molecular weight is 333 g/mol. The van der Waals surface area contributed by atoms with Gasteiger partial charge in [-0.25, -0.2) is 0 Å². The first-order chi connectivity index (χ1) is 4.50. The Hall–Kier alpha value is 1.02. The molecule has 0 aliphatic carbocycles. The van der Waals surface area contributed by atoms with Crippen LogP contribution < -0.4 is 0 Å². The van der Waals surface area contributed by atoms with Gasteiger partial charge in [-0.2, -0.15) is 0 Å². The molecule has 0 heterocycles. The molecule has 0 rings (SSSR count). The summed E-state index contributed by atoms with van der Waals surface area (Å²) in [7, 11) is 9.59. The molecule has 0 fully saturated rings. The molecule has 0 nitrogen and oxygen atoms in total. The van der Waals surface area contributed by atoms with Crippen LogP contribution in [-0.4, -0.2) is 26.1 Å². The predicted molar refractivity (Wildman–Crippen MR) is 34.3 cm³/mol.